The van der Waals surface area contributed by atoms with Crippen LogP contribution in [0.4, 0.5) is 0 Å². The lowest BCUT2D eigenvalue weighted by molar-refractivity contribution is 0.139. The van der Waals surface area contributed by atoms with Gasteiger partial charge in [-0.15, -0.1) is 0 Å². The van der Waals surface area contributed by atoms with Gasteiger partial charge in [0.25, 0.3) is 0 Å². The van der Waals surface area contributed by atoms with Gasteiger partial charge in [0.15, 0.2) is 5.96 Å². The standard InChI is InChI=1S/C17H33N5OS/c1-18-17(19-3-4-20-9-12-24-13-10-20)22-7-5-21(6-8-22)14-16-2-11-23-15-16/h16H,2-15H2,1H3,(H,18,19). The fraction of sp³-hybridized carbons (Fsp3) is 0.941. The molecule has 3 heterocycles. The minimum atomic E-state index is 0.747. The van der Waals surface area contributed by atoms with E-state index >= 15 is 0 Å². The molecule has 3 fully saturated rings. The summed E-state index contributed by atoms with van der Waals surface area (Å²) in [5.74, 6) is 4.38. The average molecular weight is 356 g/mol. The highest BCUT2D eigenvalue weighted by Crippen LogP contribution is 2.15. The van der Waals surface area contributed by atoms with E-state index in [1.807, 2.05) is 7.05 Å². The van der Waals surface area contributed by atoms with Crippen LogP contribution in [0.2, 0.25) is 0 Å². The normalized spacial score (nSPS) is 27.6. The van der Waals surface area contributed by atoms with E-state index in [-0.39, 0.29) is 0 Å². The third-order valence-corrected chi connectivity index (χ3v) is 6.18. The number of thioether (sulfide) groups is 1. The van der Waals surface area contributed by atoms with Crippen molar-refractivity contribution in [2.75, 3.05) is 90.7 Å². The molecule has 0 radical (unpaired) electrons. The fourth-order valence-corrected chi connectivity index (χ4v) is 4.70. The molecule has 0 aromatic rings. The Hall–Kier alpha value is -0.500. The maximum absolute atomic E-state index is 5.50. The molecule has 0 spiro atoms. The minimum Gasteiger partial charge on any atom is -0.381 e. The monoisotopic (exact) mass is 355 g/mol. The second-order valence-corrected chi connectivity index (χ2v) is 8.17. The molecule has 7 heteroatoms. The number of hydrogen-bond donors (Lipinski definition) is 1. The topological polar surface area (TPSA) is 43.3 Å². The molecule has 3 aliphatic heterocycles. The van der Waals surface area contributed by atoms with E-state index in [1.165, 1.54) is 37.6 Å². The van der Waals surface area contributed by atoms with E-state index in [0.29, 0.717) is 0 Å². The van der Waals surface area contributed by atoms with Gasteiger partial charge in [0.2, 0.25) is 0 Å². The quantitative estimate of drug-likeness (QED) is 0.564. The van der Waals surface area contributed by atoms with E-state index in [2.05, 4.69) is 36.8 Å². The molecule has 0 saturated carbocycles. The lowest BCUT2D eigenvalue weighted by Gasteiger charge is -2.37. The van der Waals surface area contributed by atoms with Crippen LogP contribution < -0.4 is 5.32 Å². The Kier molecular flexibility index (Phi) is 7.51. The van der Waals surface area contributed by atoms with Gasteiger partial charge in [-0.25, -0.2) is 0 Å². The van der Waals surface area contributed by atoms with Gasteiger partial charge in [-0.2, -0.15) is 11.8 Å². The van der Waals surface area contributed by atoms with Crippen molar-refractivity contribution in [3.05, 3.63) is 0 Å². The lowest BCUT2D eigenvalue weighted by atomic mass is 10.1. The zero-order chi connectivity index (χ0) is 16.6. The van der Waals surface area contributed by atoms with Crippen LogP contribution in [0.3, 0.4) is 0 Å². The molecule has 0 amide bonds. The summed E-state index contributed by atoms with van der Waals surface area (Å²) >= 11 is 2.07. The van der Waals surface area contributed by atoms with Gasteiger partial charge in [-0.05, 0) is 12.3 Å². The first kappa shape index (κ1) is 18.3. The summed E-state index contributed by atoms with van der Waals surface area (Å²) in [7, 11) is 1.90. The van der Waals surface area contributed by atoms with Crippen LogP contribution in [0.5, 0.6) is 0 Å². The number of piperazine rings is 1. The van der Waals surface area contributed by atoms with Crippen LogP contribution >= 0.6 is 11.8 Å². The van der Waals surface area contributed by atoms with E-state index < -0.39 is 0 Å². The molecule has 1 unspecified atom stereocenters. The largest absolute Gasteiger partial charge is 0.381 e. The van der Waals surface area contributed by atoms with Crippen molar-refractivity contribution in [3.63, 3.8) is 0 Å². The maximum Gasteiger partial charge on any atom is 0.193 e. The van der Waals surface area contributed by atoms with Crippen molar-refractivity contribution in [2.45, 2.75) is 6.42 Å². The number of hydrogen-bond acceptors (Lipinski definition) is 5. The van der Waals surface area contributed by atoms with Gasteiger partial charge in [0.1, 0.15) is 0 Å². The Balaban J connectivity index is 1.34. The average Bonchev–Trinajstić information content (AvgIpc) is 3.14. The summed E-state index contributed by atoms with van der Waals surface area (Å²) in [4.78, 5) is 12.0. The van der Waals surface area contributed by atoms with Gasteiger partial charge >= 0.3 is 0 Å². The van der Waals surface area contributed by atoms with E-state index in [0.717, 1.165) is 64.4 Å². The fourth-order valence-electron chi connectivity index (χ4n) is 3.72. The van der Waals surface area contributed by atoms with Crippen LogP contribution in [0.15, 0.2) is 4.99 Å². The molecule has 1 atom stereocenters. The van der Waals surface area contributed by atoms with Crippen molar-refractivity contribution >= 4 is 17.7 Å². The maximum atomic E-state index is 5.50. The van der Waals surface area contributed by atoms with E-state index in [1.54, 1.807) is 0 Å². The molecule has 3 aliphatic rings. The van der Waals surface area contributed by atoms with Crippen LogP contribution in [-0.4, -0.2) is 111 Å². The third kappa shape index (κ3) is 5.51. The number of ether oxygens (including phenoxy) is 1. The van der Waals surface area contributed by atoms with Gasteiger partial charge in [-0.1, -0.05) is 0 Å². The first-order valence-electron chi connectivity index (χ1n) is 9.41. The summed E-state index contributed by atoms with van der Waals surface area (Å²) in [6, 6.07) is 0. The highest BCUT2D eigenvalue weighted by molar-refractivity contribution is 7.99. The van der Waals surface area contributed by atoms with Crippen LogP contribution in [0.25, 0.3) is 0 Å². The molecule has 3 rings (SSSR count). The molecular formula is C17H33N5OS. The molecule has 138 valence electrons. The molecule has 24 heavy (non-hydrogen) atoms. The van der Waals surface area contributed by atoms with Crippen molar-refractivity contribution in [3.8, 4) is 0 Å². The highest BCUT2D eigenvalue weighted by atomic mass is 32.2. The number of guanidine groups is 1. The van der Waals surface area contributed by atoms with E-state index in [9.17, 15) is 0 Å². The van der Waals surface area contributed by atoms with Gasteiger partial charge in [0.05, 0.1) is 6.61 Å². The van der Waals surface area contributed by atoms with Crippen LogP contribution in [0.1, 0.15) is 6.42 Å². The van der Waals surface area contributed by atoms with E-state index in [4.69, 9.17) is 4.74 Å². The highest BCUT2D eigenvalue weighted by Gasteiger charge is 2.24. The predicted molar refractivity (Wildman–Crippen MR) is 102 cm³/mol. The molecule has 0 aliphatic carbocycles. The number of nitrogens with one attached hydrogen (secondary N) is 1. The molecule has 1 N–H and O–H groups in total. The first-order valence-corrected chi connectivity index (χ1v) is 10.6. The predicted octanol–water partition coefficient (Wildman–Crippen LogP) is 0.265. The molecule has 0 aromatic carbocycles. The van der Waals surface area contributed by atoms with Gasteiger partial charge in [-0.3, -0.25) is 14.8 Å². The van der Waals surface area contributed by atoms with Crippen molar-refractivity contribution < 1.29 is 4.74 Å². The van der Waals surface area contributed by atoms with Crippen LogP contribution in [0, 0.1) is 5.92 Å². The summed E-state index contributed by atoms with van der Waals surface area (Å²) in [6.07, 6.45) is 1.23. The summed E-state index contributed by atoms with van der Waals surface area (Å²) in [6.45, 7) is 12.1. The smallest absolute Gasteiger partial charge is 0.193 e. The summed E-state index contributed by atoms with van der Waals surface area (Å²) in [5, 5.41) is 3.56. The number of aliphatic imine (C=N–C) groups is 1. The first-order chi connectivity index (χ1) is 11.8. The second-order valence-electron chi connectivity index (χ2n) is 6.95. The second kappa shape index (κ2) is 9.85. The summed E-state index contributed by atoms with van der Waals surface area (Å²) < 4.78 is 5.50. The van der Waals surface area contributed by atoms with Crippen molar-refractivity contribution in [2.24, 2.45) is 10.9 Å². The zero-order valence-electron chi connectivity index (χ0n) is 15.1. The van der Waals surface area contributed by atoms with Crippen molar-refractivity contribution in [1.82, 2.24) is 20.0 Å². The molecule has 3 saturated heterocycles. The molecule has 6 nitrogen and oxygen atoms in total. The Morgan fingerprint density at radius 1 is 1.12 bits per heavy atom. The Labute approximate surface area is 151 Å². The Morgan fingerprint density at radius 2 is 1.92 bits per heavy atom. The number of nitrogens with zero attached hydrogens (tertiary/aromatic N) is 4. The van der Waals surface area contributed by atoms with Crippen LogP contribution in [-0.2, 0) is 4.74 Å². The molecule has 0 aromatic heterocycles. The van der Waals surface area contributed by atoms with Gasteiger partial charge in [0, 0.05) is 84.1 Å². The SMILES string of the molecule is CN=C(NCCN1CCSCC1)N1CCN(CC2CCOC2)CC1. The molecule has 0 bridgehead atoms. The zero-order valence-corrected chi connectivity index (χ0v) is 15.9. The Bertz CT molecular complexity index is 388. The Morgan fingerprint density at radius 3 is 2.58 bits per heavy atom. The third-order valence-electron chi connectivity index (χ3n) is 5.24. The lowest BCUT2D eigenvalue weighted by Crippen LogP contribution is -2.54. The number of rotatable bonds is 5. The summed E-state index contributed by atoms with van der Waals surface area (Å²) in [5.41, 5.74) is 0. The van der Waals surface area contributed by atoms with Gasteiger partial charge < -0.3 is 15.0 Å². The van der Waals surface area contributed by atoms with Crippen molar-refractivity contribution in [1.29, 1.82) is 0 Å². The molecular weight excluding hydrogens is 322 g/mol. The minimum absolute atomic E-state index is 0.747.